The van der Waals surface area contributed by atoms with Crippen molar-refractivity contribution in [3.63, 3.8) is 0 Å². The van der Waals surface area contributed by atoms with Gasteiger partial charge in [0, 0.05) is 32.6 Å². The van der Waals surface area contributed by atoms with E-state index in [4.69, 9.17) is 0 Å². The molecule has 0 aromatic heterocycles. The molecule has 1 unspecified atom stereocenters. The Kier molecular flexibility index (Phi) is 11.3. The Morgan fingerprint density at radius 2 is 1.93 bits per heavy atom. The van der Waals surface area contributed by atoms with Crippen LogP contribution in [0.3, 0.4) is 0 Å². The van der Waals surface area contributed by atoms with E-state index in [0.717, 1.165) is 52.1 Å². The summed E-state index contributed by atoms with van der Waals surface area (Å²) in [5, 5.41) is 6.53. The highest BCUT2D eigenvalue weighted by molar-refractivity contribution is 5.85. The average Bonchev–Trinajstić information content (AvgIpc) is 2.66. The third kappa shape index (κ3) is 7.61. The monoisotopic (exact) mass is 415 g/mol. The van der Waals surface area contributed by atoms with Crippen molar-refractivity contribution in [2.45, 2.75) is 45.6 Å². The Morgan fingerprint density at radius 1 is 1.22 bits per heavy atom. The van der Waals surface area contributed by atoms with E-state index in [1.165, 1.54) is 24.0 Å². The number of fused-ring (bicyclic) bond motifs is 1. The molecule has 1 amide bonds. The SMILES string of the molecule is CC(CC(=O)NCCCN1CCc2ccccc2C1)C1CCNCC1.Cl.Cl. The lowest BCUT2D eigenvalue weighted by Crippen LogP contribution is -2.35. The Hall–Kier alpha value is -0.810. The first-order valence-corrected chi connectivity index (χ1v) is 9.99. The van der Waals surface area contributed by atoms with E-state index in [1.54, 1.807) is 0 Å². The van der Waals surface area contributed by atoms with E-state index in [0.29, 0.717) is 18.3 Å². The lowest BCUT2D eigenvalue weighted by atomic mass is 9.84. The van der Waals surface area contributed by atoms with Crippen molar-refractivity contribution in [3.8, 4) is 0 Å². The maximum atomic E-state index is 12.2. The van der Waals surface area contributed by atoms with E-state index < -0.39 is 0 Å². The molecule has 0 spiro atoms. The second-order valence-electron chi connectivity index (χ2n) is 7.77. The van der Waals surface area contributed by atoms with Crippen molar-refractivity contribution in [2.75, 3.05) is 32.7 Å². The van der Waals surface area contributed by atoms with Gasteiger partial charge >= 0.3 is 0 Å². The van der Waals surface area contributed by atoms with Gasteiger partial charge in [-0.15, -0.1) is 24.8 Å². The van der Waals surface area contributed by atoms with Crippen LogP contribution in [0.2, 0.25) is 0 Å². The number of halogens is 2. The van der Waals surface area contributed by atoms with Gasteiger partial charge in [-0.25, -0.2) is 0 Å². The Bertz CT molecular complexity index is 564. The number of piperidine rings is 1. The molecule has 4 nitrogen and oxygen atoms in total. The van der Waals surface area contributed by atoms with Gasteiger partial charge in [0.25, 0.3) is 0 Å². The number of benzene rings is 1. The van der Waals surface area contributed by atoms with Gasteiger partial charge in [-0.05, 0) is 61.7 Å². The molecule has 2 aliphatic rings. The fourth-order valence-electron chi connectivity index (χ4n) is 4.22. The number of nitrogens with one attached hydrogen (secondary N) is 2. The fraction of sp³-hybridized carbons (Fsp3) is 0.667. The van der Waals surface area contributed by atoms with Gasteiger partial charge in [0.15, 0.2) is 0 Å². The molecule has 0 bridgehead atoms. The van der Waals surface area contributed by atoms with Gasteiger partial charge in [-0.2, -0.15) is 0 Å². The topological polar surface area (TPSA) is 44.4 Å². The summed E-state index contributed by atoms with van der Waals surface area (Å²) in [6.45, 7) is 8.51. The molecule has 2 N–H and O–H groups in total. The molecule has 6 heteroatoms. The van der Waals surface area contributed by atoms with Crippen molar-refractivity contribution < 1.29 is 4.79 Å². The molecule has 2 aliphatic heterocycles. The van der Waals surface area contributed by atoms with Gasteiger partial charge in [-0.1, -0.05) is 31.2 Å². The van der Waals surface area contributed by atoms with Gasteiger partial charge in [0.05, 0.1) is 0 Å². The molecule has 0 radical (unpaired) electrons. The minimum Gasteiger partial charge on any atom is -0.356 e. The van der Waals surface area contributed by atoms with E-state index >= 15 is 0 Å². The number of hydrogen-bond acceptors (Lipinski definition) is 3. The standard InChI is InChI=1S/C21H33N3O.2ClH/c1-17(18-7-11-22-12-8-18)15-21(25)23-10-4-13-24-14-9-19-5-2-3-6-20(19)16-24;;/h2-3,5-6,17-18,22H,4,7-16H2,1H3,(H,23,25);2*1H. The normalized spacial score (nSPS) is 18.6. The summed E-state index contributed by atoms with van der Waals surface area (Å²) in [6, 6.07) is 8.75. The highest BCUT2D eigenvalue weighted by atomic mass is 35.5. The summed E-state index contributed by atoms with van der Waals surface area (Å²) in [6.07, 6.45) is 5.30. The number of rotatable bonds is 7. The van der Waals surface area contributed by atoms with E-state index in [1.807, 2.05) is 0 Å². The molecule has 154 valence electrons. The average molecular weight is 416 g/mol. The van der Waals surface area contributed by atoms with Crippen LogP contribution < -0.4 is 10.6 Å². The van der Waals surface area contributed by atoms with Crippen LogP contribution in [0.4, 0.5) is 0 Å². The second kappa shape index (κ2) is 12.6. The molecule has 1 fully saturated rings. The number of nitrogens with zero attached hydrogens (tertiary/aromatic N) is 1. The van der Waals surface area contributed by atoms with Crippen LogP contribution >= 0.6 is 24.8 Å². The lowest BCUT2D eigenvalue weighted by molar-refractivity contribution is -0.122. The number of carbonyl (C=O) groups is 1. The fourth-order valence-corrected chi connectivity index (χ4v) is 4.22. The number of hydrogen-bond donors (Lipinski definition) is 2. The Morgan fingerprint density at radius 3 is 2.67 bits per heavy atom. The smallest absolute Gasteiger partial charge is 0.220 e. The van der Waals surface area contributed by atoms with Gasteiger partial charge in [-0.3, -0.25) is 9.69 Å². The van der Waals surface area contributed by atoms with Crippen LogP contribution in [0.5, 0.6) is 0 Å². The minimum atomic E-state index is 0. The molecule has 0 aliphatic carbocycles. The first kappa shape index (κ1) is 24.2. The van der Waals surface area contributed by atoms with Crippen LogP contribution in [0.1, 0.15) is 43.7 Å². The lowest BCUT2D eigenvalue weighted by Gasteiger charge is -2.29. The summed E-state index contributed by atoms with van der Waals surface area (Å²) < 4.78 is 0. The third-order valence-electron chi connectivity index (χ3n) is 5.88. The third-order valence-corrected chi connectivity index (χ3v) is 5.88. The summed E-state index contributed by atoms with van der Waals surface area (Å²) in [7, 11) is 0. The highest BCUT2D eigenvalue weighted by Crippen LogP contribution is 2.24. The Labute approximate surface area is 176 Å². The van der Waals surface area contributed by atoms with E-state index in [-0.39, 0.29) is 30.7 Å². The van der Waals surface area contributed by atoms with Crippen molar-refractivity contribution in [1.82, 2.24) is 15.5 Å². The van der Waals surface area contributed by atoms with Crippen LogP contribution in [0, 0.1) is 11.8 Å². The second-order valence-corrected chi connectivity index (χ2v) is 7.77. The summed E-state index contributed by atoms with van der Waals surface area (Å²) in [5.74, 6) is 1.44. The first-order valence-electron chi connectivity index (χ1n) is 9.99. The molecular weight excluding hydrogens is 381 g/mol. The molecule has 1 saturated heterocycles. The van der Waals surface area contributed by atoms with E-state index in [2.05, 4.69) is 46.7 Å². The van der Waals surface area contributed by atoms with Crippen LogP contribution in [0.25, 0.3) is 0 Å². The molecule has 1 aromatic rings. The molecule has 1 atom stereocenters. The van der Waals surface area contributed by atoms with Crippen LogP contribution in [0.15, 0.2) is 24.3 Å². The zero-order valence-electron chi connectivity index (χ0n) is 16.4. The highest BCUT2D eigenvalue weighted by Gasteiger charge is 2.22. The number of amides is 1. The maximum absolute atomic E-state index is 12.2. The predicted octanol–water partition coefficient (Wildman–Crippen LogP) is 3.42. The summed E-state index contributed by atoms with van der Waals surface area (Å²) >= 11 is 0. The molecule has 2 heterocycles. The first-order chi connectivity index (χ1) is 12.2. The zero-order chi connectivity index (χ0) is 17.5. The molecule has 3 rings (SSSR count). The van der Waals surface area contributed by atoms with Gasteiger partial charge < -0.3 is 10.6 Å². The molecule has 0 saturated carbocycles. The summed E-state index contributed by atoms with van der Waals surface area (Å²) in [4.78, 5) is 14.7. The molecular formula is C21H35Cl2N3O. The maximum Gasteiger partial charge on any atom is 0.220 e. The Balaban J connectivity index is 0.00000182. The summed E-state index contributed by atoms with van der Waals surface area (Å²) in [5.41, 5.74) is 2.97. The molecule has 27 heavy (non-hydrogen) atoms. The van der Waals surface area contributed by atoms with Gasteiger partial charge in [0.1, 0.15) is 0 Å². The van der Waals surface area contributed by atoms with E-state index in [9.17, 15) is 4.79 Å². The van der Waals surface area contributed by atoms with Crippen molar-refractivity contribution in [2.24, 2.45) is 11.8 Å². The zero-order valence-corrected chi connectivity index (χ0v) is 18.0. The van der Waals surface area contributed by atoms with Crippen molar-refractivity contribution in [1.29, 1.82) is 0 Å². The van der Waals surface area contributed by atoms with Crippen molar-refractivity contribution >= 4 is 30.7 Å². The predicted molar refractivity (Wildman–Crippen MR) is 117 cm³/mol. The minimum absolute atomic E-state index is 0. The van der Waals surface area contributed by atoms with Gasteiger partial charge in [0.2, 0.25) is 5.91 Å². The quantitative estimate of drug-likeness (QED) is 0.670. The van der Waals surface area contributed by atoms with Crippen LogP contribution in [-0.2, 0) is 17.8 Å². The molecule has 1 aromatic carbocycles. The largest absolute Gasteiger partial charge is 0.356 e. The van der Waals surface area contributed by atoms with Crippen LogP contribution in [-0.4, -0.2) is 43.5 Å². The number of carbonyl (C=O) groups excluding carboxylic acids is 1. The van der Waals surface area contributed by atoms with Crippen molar-refractivity contribution in [3.05, 3.63) is 35.4 Å².